The monoisotopic (exact) mass is 1050 g/mol. The Balaban J connectivity index is 1.29. The van der Waals surface area contributed by atoms with Crippen LogP contribution in [0.25, 0.3) is 0 Å². The Hall–Kier alpha value is -7.46. The minimum atomic E-state index is -1.46. The van der Waals surface area contributed by atoms with Crippen molar-refractivity contribution in [2.45, 2.75) is 160 Å². The van der Waals surface area contributed by atoms with Crippen molar-refractivity contribution in [3.8, 4) is 0 Å². The highest BCUT2D eigenvalue weighted by Gasteiger charge is 2.39. The maximum Gasteiger partial charge on any atom is 0.419 e. The van der Waals surface area contributed by atoms with Crippen molar-refractivity contribution in [1.82, 2.24) is 51.0 Å². The third-order valence-electron chi connectivity index (χ3n) is 12.6. The van der Waals surface area contributed by atoms with Crippen molar-refractivity contribution >= 4 is 47.4 Å². The Labute approximate surface area is 443 Å². The summed E-state index contributed by atoms with van der Waals surface area (Å²) in [6.07, 6.45) is 4.19. The lowest BCUT2D eigenvalue weighted by molar-refractivity contribution is -0.140. The number of aromatic amines is 1. The normalized spacial score (nSPS) is 16.4. The average molecular weight is 1050 g/mol. The van der Waals surface area contributed by atoms with Crippen LogP contribution in [0, 0.1) is 11.8 Å². The van der Waals surface area contributed by atoms with Crippen LogP contribution in [0.4, 0.5) is 4.79 Å². The molecule has 22 nitrogen and oxygen atoms in total. The molecule has 22 heteroatoms. The van der Waals surface area contributed by atoms with Crippen LogP contribution < -0.4 is 38.1 Å². The zero-order valence-electron chi connectivity index (χ0n) is 44.5. The minimum absolute atomic E-state index is 0.00708. The molecule has 3 heterocycles. The second kappa shape index (κ2) is 27.9. The van der Waals surface area contributed by atoms with Gasteiger partial charge in [-0.1, -0.05) is 88.4 Å². The van der Waals surface area contributed by atoms with E-state index in [2.05, 4.69) is 41.5 Å². The Kier molecular flexibility index (Phi) is 21.8. The lowest BCUT2D eigenvalue weighted by atomic mass is 9.95. The second-order valence-corrected chi connectivity index (χ2v) is 21.3. The maximum atomic E-state index is 14.5. The first-order valence-corrected chi connectivity index (χ1v) is 25.8. The van der Waals surface area contributed by atoms with Crippen molar-refractivity contribution < 1.29 is 48.2 Å². The van der Waals surface area contributed by atoms with Crippen molar-refractivity contribution in [1.29, 1.82) is 0 Å². The Morgan fingerprint density at radius 2 is 1.34 bits per heavy atom. The molecule has 7 amide bonds. The van der Waals surface area contributed by atoms with Crippen LogP contribution in [0.2, 0.25) is 0 Å². The van der Waals surface area contributed by atoms with Crippen molar-refractivity contribution in [3.05, 3.63) is 108 Å². The molecule has 0 aliphatic carbocycles. The summed E-state index contributed by atoms with van der Waals surface area (Å²) in [7, 11) is 0. The first-order valence-electron chi connectivity index (χ1n) is 25.8. The molecule has 0 radical (unpaired) electrons. The predicted octanol–water partition coefficient (Wildman–Crippen LogP) is 1.73. The standard InChI is InChI=1S/C54H76N12O10/c1-32(2)21-39(45(67)27-46(68)60-41(22-33(3)4)48(70)62-40(47(56)69)23-34-15-10-8-11-16-34)61-50(72)43(26-36-28-57-30-58-36)63-49(71)42(24-35-17-12-9-13-18-35)64-51(73)44-19-14-20-66(44)52(74)38(55)25-37-29-65(31-59-37)53(75)76-54(5,6)7/h8-13,15-18,28-33,38-45,67H,14,19-27,55H2,1-7H3,(H2,56,69)(H,57,58)(H,60,68)(H,61,72)(H,62,70)(H,63,71)(H,64,73)/t38-,39-,40-,41-,42-,43-,44-,45-/m0/s1. The smallest absolute Gasteiger partial charge is 0.419 e. The Morgan fingerprint density at radius 3 is 1.92 bits per heavy atom. The van der Waals surface area contributed by atoms with Crippen LogP contribution in [-0.2, 0) is 64.0 Å². The van der Waals surface area contributed by atoms with Gasteiger partial charge in [0.2, 0.25) is 41.4 Å². The van der Waals surface area contributed by atoms with E-state index in [1.165, 1.54) is 29.9 Å². The number of benzene rings is 2. The minimum Gasteiger partial charge on any atom is -0.443 e. The van der Waals surface area contributed by atoms with Gasteiger partial charge in [0.25, 0.3) is 0 Å². The first kappa shape index (κ1) is 59.4. The zero-order valence-corrected chi connectivity index (χ0v) is 44.5. The van der Waals surface area contributed by atoms with E-state index < -0.39 is 108 Å². The molecule has 0 bridgehead atoms. The number of hydrogen-bond acceptors (Lipinski definition) is 13. The molecule has 8 atom stereocenters. The summed E-state index contributed by atoms with van der Waals surface area (Å²) in [5, 5.41) is 25.5. The molecule has 1 aliphatic rings. The zero-order chi connectivity index (χ0) is 55.7. The van der Waals surface area contributed by atoms with Crippen molar-refractivity contribution in [3.63, 3.8) is 0 Å². The molecular formula is C54H76N12O10. The summed E-state index contributed by atoms with van der Waals surface area (Å²) in [5.74, 6) is -4.77. The molecular weight excluding hydrogens is 977 g/mol. The molecule has 0 spiro atoms. The molecule has 412 valence electrons. The molecule has 5 rings (SSSR count). The number of nitrogens with two attached hydrogens (primary N) is 2. The van der Waals surface area contributed by atoms with Crippen LogP contribution >= 0.6 is 0 Å². The fraction of sp³-hybridized carbons (Fsp3) is 0.519. The topological polar surface area (TPSA) is 328 Å². The number of imidazole rings is 2. The number of hydrogen-bond donors (Lipinski definition) is 9. The number of nitrogens with zero attached hydrogens (tertiary/aromatic N) is 4. The first-order chi connectivity index (χ1) is 36.0. The highest BCUT2D eigenvalue weighted by Crippen LogP contribution is 2.21. The van der Waals surface area contributed by atoms with Gasteiger partial charge in [-0.2, -0.15) is 0 Å². The van der Waals surface area contributed by atoms with Gasteiger partial charge >= 0.3 is 6.09 Å². The number of carbonyl (C=O) groups is 8. The summed E-state index contributed by atoms with van der Waals surface area (Å²) < 4.78 is 6.55. The fourth-order valence-corrected chi connectivity index (χ4v) is 8.87. The van der Waals surface area contributed by atoms with Crippen molar-refractivity contribution in [2.75, 3.05) is 6.54 Å². The predicted molar refractivity (Wildman–Crippen MR) is 281 cm³/mol. The quantitative estimate of drug-likeness (QED) is 0.0433. The molecule has 2 aromatic carbocycles. The number of ether oxygens (including phenoxy) is 1. The number of aromatic nitrogens is 4. The average Bonchev–Trinajstić information content (AvgIpc) is 4.16. The number of rotatable bonds is 26. The van der Waals surface area contributed by atoms with Crippen LogP contribution in [0.3, 0.4) is 0 Å². The van der Waals surface area contributed by atoms with Gasteiger partial charge in [-0.25, -0.2) is 19.3 Å². The number of amides is 7. The van der Waals surface area contributed by atoms with Gasteiger partial charge in [-0.05, 0) is 69.4 Å². The molecule has 1 saturated heterocycles. The molecule has 1 fully saturated rings. The molecule has 11 N–H and O–H groups in total. The highest BCUT2D eigenvalue weighted by atomic mass is 16.6. The summed E-state index contributed by atoms with van der Waals surface area (Å²) in [6, 6.07) is 10.1. The third kappa shape index (κ3) is 18.7. The van der Waals surface area contributed by atoms with E-state index in [0.29, 0.717) is 23.4 Å². The summed E-state index contributed by atoms with van der Waals surface area (Å²) in [4.78, 5) is 122. The van der Waals surface area contributed by atoms with E-state index in [1.54, 1.807) is 75.4 Å². The lowest BCUT2D eigenvalue weighted by Gasteiger charge is -2.30. The van der Waals surface area contributed by atoms with E-state index in [4.69, 9.17) is 16.2 Å². The number of carbonyl (C=O) groups excluding carboxylic acids is 8. The van der Waals surface area contributed by atoms with Gasteiger partial charge in [0.15, 0.2) is 0 Å². The molecule has 2 aromatic heterocycles. The SMILES string of the molecule is CC(C)C[C@H](NC(=O)C[C@H](O)[C@H](CC(C)C)NC(=O)[C@H](Cc1cnc[nH]1)NC(=O)[C@H](Cc1ccccc1)NC(=O)[C@@H]1CCCN1C(=O)[C@@H](N)Cc1cn(C(=O)OC(C)(C)C)cn1)C(=O)N[C@@H](Cc1ccccc1)C(N)=O. The molecule has 0 saturated carbocycles. The largest absolute Gasteiger partial charge is 0.443 e. The molecule has 1 aliphatic heterocycles. The Bertz CT molecular complexity index is 2570. The second-order valence-electron chi connectivity index (χ2n) is 21.3. The van der Waals surface area contributed by atoms with Crippen molar-refractivity contribution in [2.24, 2.45) is 23.3 Å². The van der Waals surface area contributed by atoms with Gasteiger partial charge in [0.1, 0.15) is 42.1 Å². The number of likely N-dealkylation sites (tertiary alicyclic amines) is 1. The van der Waals surface area contributed by atoms with Crippen LogP contribution in [0.15, 0.2) is 85.7 Å². The third-order valence-corrected chi connectivity index (χ3v) is 12.6. The number of primary amides is 1. The van der Waals surface area contributed by atoms with E-state index in [0.717, 1.165) is 10.1 Å². The van der Waals surface area contributed by atoms with Crippen LogP contribution in [-0.4, -0.2) is 138 Å². The van der Waals surface area contributed by atoms with E-state index in [1.807, 2.05) is 33.8 Å². The molecule has 4 aromatic rings. The lowest BCUT2D eigenvalue weighted by Crippen LogP contribution is -2.59. The van der Waals surface area contributed by atoms with E-state index in [9.17, 15) is 43.5 Å². The summed E-state index contributed by atoms with van der Waals surface area (Å²) >= 11 is 0. The highest BCUT2D eigenvalue weighted by molar-refractivity contribution is 5.96. The van der Waals surface area contributed by atoms with E-state index in [-0.39, 0.29) is 63.3 Å². The van der Waals surface area contributed by atoms with Crippen LogP contribution in [0.5, 0.6) is 0 Å². The number of aliphatic hydroxyl groups is 1. The van der Waals surface area contributed by atoms with Gasteiger partial charge in [-0.15, -0.1) is 0 Å². The van der Waals surface area contributed by atoms with E-state index >= 15 is 0 Å². The maximum absolute atomic E-state index is 14.5. The summed E-state index contributed by atoms with van der Waals surface area (Å²) in [6.45, 7) is 12.9. The van der Waals surface area contributed by atoms with Gasteiger partial charge in [0.05, 0.1) is 36.6 Å². The number of H-pyrrole nitrogens is 1. The Morgan fingerprint density at radius 1 is 0.763 bits per heavy atom. The number of nitrogens with one attached hydrogen (secondary N) is 6. The molecule has 76 heavy (non-hydrogen) atoms. The fourth-order valence-electron chi connectivity index (χ4n) is 8.87. The van der Waals surface area contributed by atoms with Gasteiger partial charge in [0, 0.05) is 50.3 Å². The molecule has 0 unspecified atom stereocenters. The van der Waals surface area contributed by atoms with Crippen LogP contribution in [0.1, 0.15) is 103 Å². The van der Waals surface area contributed by atoms with Gasteiger partial charge in [-0.3, -0.25) is 33.6 Å². The summed E-state index contributed by atoms with van der Waals surface area (Å²) in [5.41, 5.74) is 13.6. The van der Waals surface area contributed by atoms with Gasteiger partial charge < -0.3 is 57.8 Å². The number of aliphatic hydroxyl groups excluding tert-OH is 1.